The van der Waals surface area contributed by atoms with Gasteiger partial charge in [-0.2, -0.15) is 0 Å². The first kappa shape index (κ1) is 24.9. The van der Waals surface area contributed by atoms with E-state index in [2.05, 4.69) is 27.7 Å². The summed E-state index contributed by atoms with van der Waals surface area (Å²) in [5, 5.41) is 8.36. The number of hydrogen-bond acceptors (Lipinski definition) is 2. The summed E-state index contributed by atoms with van der Waals surface area (Å²) in [6.45, 7) is 20.3. The van der Waals surface area contributed by atoms with Gasteiger partial charge >= 0.3 is 0 Å². The van der Waals surface area contributed by atoms with Crippen LogP contribution < -0.4 is 0 Å². The van der Waals surface area contributed by atoms with Gasteiger partial charge in [0.2, 0.25) is 0 Å². The third-order valence-electron chi connectivity index (χ3n) is 0.412. The summed E-state index contributed by atoms with van der Waals surface area (Å²) in [6, 6.07) is 0. The zero-order valence-electron chi connectivity index (χ0n) is 10.6. The number of rotatable bonds is 1. The predicted octanol–water partition coefficient (Wildman–Crippen LogP) is 3.53. The Bertz CT molecular complexity index is 157. The SMILES string of the molecule is CC(=O)/C=C(/C)O.[CH2][C]([CH2])C.[CH2][C]([CH2])C.[Rh]. The molecule has 95 valence electrons. The van der Waals surface area contributed by atoms with Crippen LogP contribution in [-0.2, 0) is 24.3 Å². The van der Waals surface area contributed by atoms with Crippen LogP contribution >= 0.6 is 0 Å². The van der Waals surface area contributed by atoms with Gasteiger partial charge in [0.15, 0.2) is 5.78 Å². The van der Waals surface area contributed by atoms with Gasteiger partial charge in [0.05, 0.1) is 5.76 Å². The smallest absolute Gasteiger partial charge is 0.155 e. The molecular weight excluding hydrogens is 291 g/mol. The van der Waals surface area contributed by atoms with Crippen molar-refractivity contribution in [3.8, 4) is 0 Å². The van der Waals surface area contributed by atoms with Crippen LogP contribution in [0, 0.1) is 39.5 Å². The van der Waals surface area contributed by atoms with Gasteiger partial charge in [-0.1, -0.05) is 13.8 Å². The van der Waals surface area contributed by atoms with Crippen molar-refractivity contribution < 1.29 is 29.4 Å². The molecule has 0 fully saturated rings. The summed E-state index contributed by atoms with van der Waals surface area (Å²) in [4.78, 5) is 10.0. The maximum Gasteiger partial charge on any atom is 0.155 e. The van der Waals surface area contributed by atoms with Crippen LogP contribution in [0.3, 0.4) is 0 Å². The Hall–Kier alpha value is -0.167. The van der Waals surface area contributed by atoms with Crippen LogP contribution in [0.1, 0.15) is 27.7 Å². The van der Waals surface area contributed by atoms with Crippen LogP contribution in [0.2, 0.25) is 0 Å². The first-order valence-electron chi connectivity index (χ1n) is 4.42. The molecule has 0 aromatic rings. The molecule has 0 atom stereocenters. The molecule has 0 aliphatic carbocycles. The second-order valence-electron chi connectivity index (χ2n) is 3.31. The molecule has 3 heteroatoms. The van der Waals surface area contributed by atoms with Crippen molar-refractivity contribution in [2.75, 3.05) is 0 Å². The summed E-state index contributed by atoms with van der Waals surface area (Å²) >= 11 is 0. The van der Waals surface area contributed by atoms with Gasteiger partial charge in [-0.3, -0.25) is 4.79 Å². The van der Waals surface area contributed by atoms with Crippen molar-refractivity contribution in [3.63, 3.8) is 0 Å². The first-order chi connectivity index (χ1) is 6.59. The average Bonchev–Trinajstić information content (AvgIpc) is 1.78. The minimum absolute atomic E-state index is 0. The predicted molar refractivity (Wildman–Crippen MR) is 66.3 cm³/mol. The van der Waals surface area contributed by atoms with Crippen molar-refractivity contribution in [2.24, 2.45) is 0 Å². The van der Waals surface area contributed by atoms with E-state index in [4.69, 9.17) is 5.11 Å². The normalized spacial score (nSPS) is 9.50. The fourth-order valence-corrected chi connectivity index (χ4v) is 0.294. The minimum atomic E-state index is -0.125. The molecule has 0 aromatic carbocycles. The maximum absolute atomic E-state index is 10.0. The Morgan fingerprint density at radius 2 is 1.12 bits per heavy atom. The average molecular weight is 313 g/mol. The van der Waals surface area contributed by atoms with Gasteiger partial charge in [0.1, 0.15) is 0 Å². The van der Waals surface area contributed by atoms with Crippen LogP contribution in [0.4, 0.5) is 0 Å². The van der Waals surface area contributed by atoms with Crippen molar-refractivity contribution >= 4 is 5.78 Å². The van der Waals surface area contributed by atoms with Crippen molar-refractivity contribution in [1.29, 1.82) is 0 Å². The number of ketones is 1. The molecule has 0 rings (SSSR count). The monoisotopic (exact) mass is 313 g/mol. The molecule has 0 amide bonds. The number of carbonyl (C=O) groups is 1. The number of aliphatic hydroxyl groups is 1. The van der Waals surface area contributed by atoms with Crippen LogP contribution in [0.15, 0.2) is 11.8 Å². The van der Waals surface area contributed by atoms with E-state index in [9.17, 15) is 4.79 Å². The van der Waals surface area contributed by atoms with Crippen molar-refractivity contribution in [3.05, 3.63) is 51.4 Å². The zero-order chi connectivity index (χ0) is 13.0. The maximum atomic E-state index is 10.0. The largest absolute Gasteiger partial charge is 0.512 e. The zero-order valence-corrected chi connectivity index (χ0v) is 12.2. The summed E-state index contributed by atoms with van der Waals surface area (Å²) in [6.07, 6.45) is 1.17. The molecule has 0 aliphatic heterocycles. The Kier molecular flexibility index (Phi) is 26.8. The van der Waals surface area contributed by atoms with E-state index in [-0.39, 0.29) is 31.0 Å². The Morgan fingerprint density at radius 3 is 1.12 bits per heavy atom. The van der Waals surface area contributed by atoms with Gasteiger partial charge in [-0.05, 0) is 53.4 Å². The standard InChI is InChI=1S/C5H8O2.2C4H7.Rh/c1-4(6)3-5(2)7;2*1-4(2)3;/h3,6H,1-2H3;2*1-2H2,3H3;/b4-3-;;;. The second kappa shape index (κ2) is 17.2. The second-order valence-corrected chi connectivity index (χ2v) is 3.31. The topological polar surface area (TPSA) is 37.3 Å². The Labute approximate surface area is 114 Å². The summed E-state index contributed by atoms with van der Waals surface area (Å²) < 4.78 is 0. The molecule has 0 aromatic heterocycles. The Balaban J connectivity index is -0.0000000700. The van der Waals surface area contributed by atoms with Gasteiger partial charge in [-0.15, -0.1) is 0 Å². The molecule has 0 unspecified atom stereocenters. The third-order valence-corrected chi connectivity index (χ3v) is 0.412. The first-order valence-corrected chi connectivity index (χ1v) is 4.42. The van der Waals surface area contributed by atoms with E-state index in [1.54, 1.807) is 0 Å². The van der Waals surface area contributed by atoms with Crippen LogP contribution in [0.25, 0.3) is 0 Å². The number of aliphatic hydroxyl groups excluding tert-OH is 1. The summed E-state index contributed by atoms with van der Waals surface area (Å²) in [5.41, 5.74) is 0. The fourth-order valence-electron chi connectivity index (χ4n) is 0.294. The molecule has 16 heavy (non-hydrogen) atoms. The molecule has 1 N–H and O–H groups in total. The molecule has 0 spiro atoms. The van der Waals surface area contributed by atoms with Gasteiger partial charge in [0, 0.05) is 25.6 Å². The van der Waals surface area contributed by atoms with Gasteiger partial charge in [0.25, 0.3) is 0 Å². The molecule has 0 saturated heterocycles. The van der Waals surface area contributed by atoms with E-state index in [0.29, 0.717) is 0 Å². The van der Waals surface area contributed by atoms with Crippen molar-refractivity contribution in [2.45, 2.75) is 27.7 Å². The van der Waals surface area contributed by atoms with E-state index >= 15 is 0 Å². The quantitative estimate of drug-likeness (QED) is 0.457. The Morgan fingerprint density at radius 1 is 0.938 bits per heavy atom. The van der Waals surface area contributed by atoms with E-state index in [1.165, 1.54) is 19.9 Å². The van der Waals surface area contributed by atoms with Crippen LogP contribution in [-0.4, -0.2) is 10.9 Å². The number of allylic oxidation sites excluding steroid dienone is 2. The van der Waals surface area contributed by atoms with Gasteiger partial charge < -0.3 is 5.11 Å². The molecule has 0 bridgehead atoms. The molecule has 2 nitrogen and oxygen atoms in total. The molecular formula is C13H22O2Rh. The minimum Gasteiger partial charge on any atom is -0.512 e. The number of hydrogen-bond donors (Lipinski definition) is 1. The van der Waals surface area contributed by atoms with E-state index < -0.39 is 0 Å². The molecule has 0 saturated carbocycles. The number of carbonyl (C=O) groups excluding carboxylic acids is 1. The molecule has 0 heterocycles. The van der Waals surface area contributed by atoms with Crippen molar-refractivity contribution in [1.82, 2.24) is 0 Å². The summed E-state index contributed by atoms with van der Waals surface area (Å²) in [5.74, 6) is 1.77. The molecule has 7 radical (unpaired) electrons. The fraction of sp³-hybridized carbons (Fsp3) is 0.308. The molecule has 0 aliphatic rings. The third kappa shape index (κ3) is 155. The van der Waals surface area contributed by atoms with Crippen LogP contribution in [0.5, 0.6) is 0 Å². The summed E-state index contributed by atoms with van der Waals surface area (Å²) in [7, 11) is 0. The van der Waals surface area contributed by atoms with E-state index in [0.717, 1.165) is 11.8 Å². The van der Waals surface area contributed by atoms with E-state index in [1.807, 2.05) is 13.8 Å². The van der Waals surface area contributed by atoms with Gasteiger partial charge in [-0.25, -0.2) is 0 Å².